The molecule has 3 rings (SSSR count). The standard InChI is InChI=1S/C20H16IN3O4/c1-2-18(26)23-16-6-3-11(7-17(16)25)9-22-10-15-14-8-12(21)4-5-13(14)19(27)24-20(15)28/h2-8,10,25H,1,9H2,(H,23,26)(H2,24,27,28). The van der Waals surface area contributed by atoms with E-state index in [1.165, 1.54) is 12.3 Å². The second-order valence-electron chi connectivity index (χ2n) is 5.92. The minimum atomic E-state index is -0.420. The third kappa shape index (κ3) is 4.22. The number of carbonyl (C=O) groups is 1. The first-order chi connectivity index (χ1) is 13.4. The van der Waals surface area contributed by atoms with Gasteiger partial charge < -0.3 is 15.5 Å². The number of amides is 1. The Morgan fingerprint density at radius 2 is 2.00 bits per heavy atom. The molecular formula is C20H16IN3O4. The molecule has 28 heavy (non-hydrogen) atoms. The van der Waals surface area contributed by atoms with Crippen molar-refractivity contribution >= 4 is 51.2 Å². The van der Waals surface area contributed by atoms with Crippen molar-refractivity contribution in [2.45, 2.75) is 6.54 Å². The highest BCUT2D eigenvalue weighted by atomic mass is 127. The average molecular weight is 489 g/mol. The number of phenols is 1. The van der Waals surface area contributed by atoms with E-state index in [1.807, 2.05) is 6.07 Å². The number of hydrogen-bond donors (Lipinski definition) is 4. The lowest BCUT2D eigenvalue weighted by Crippen LogP contribution is -2.08. The topological polar surface area (TPSA) is 115 Å². The molecule has 142 valence electrons. The molecule has 0 unspecified atom stereocenters. The lowest BCUT2D eigenvalue weighted by Gasteiger charge is -2.07. The van der Waals surface area contributed by atoms with Gasteiger partial charge >= 0.3 is 0 Å². The number of fused-ring (bicyclic) bond motifs is 1. The number of nitrogens with zero attached hydrogens (tertiary/aromatic N) is 1. The van der Waals surface area contributed by atoms with E-state index in [2.05, 4.69) is 44.5 Å². The van der Waals surface area contributed by atoms with Crippen LogP contribution in [0.4, 0.5) is 5.69 Å². The number of aliphatic imine (C=N–C) groups is 1. The summed E-state index contributed by atoms with van der Waals surface area (Å²) in [6.45, 7) is 3.59. The van der Waals surface area contributed by atoms with Crippen LogP contribution < -0.4 is 10.9 Å². The van der Waals surface area contributed by atoms with Crippen LogP contribution in [-0.2, 0) is 11.3 Å². The number of rotatable bonds is 5. The first-order valence-electron chi connectivity index (χ1n) is 8.18. The van der Waals surface area contributed by atoms with Crippen molar-refractivity contribution in [2.75, 3.05) is 5.32 Å². The largest absolute Gasteiger partial charge is 0.506 e. The molecule has 0 spiro atoms. The van der Waals surface area contributed by atoms with E-state index in [0.717, 1.165) is 9.65 Å². The fraction of sp³-hybridized carbons (Fsp3) is 0.0500. The van der Waals surface area contributed by atoms with Gasteiger partial charge in [-0.2, -0.15) is 0 Å². The average Bonchev–Trinajstić information content (AvgIpc) is 2.66. The van der Waals surface area contributed by atoms with E-state index in [-0.39, 0.29) is 29.4 Å². The smallest absolute Gasteiger partial charge is 0.258 e. The highest BCUT2D eigenvalue weighted by Crippen LogP contribution is 2.25. The van der Waals surface area contributed by atoms with Gasteiger partial charge in [-0.3, -0.25) is 19.6 Å². The highest BCUT2D eigenvalue weighted by Gasteiger charge is 2.10. The summed E-state index contributed by atoms with van der Waals surface area (Å²) in [5, 5.41) is 23.7. The minimum absolute atomic E-state index is 0.0882. The van der Waals surface area contributed by atoms with Gasteiger partial charge in [0.2, 0.25) is 11.8 Å². The number of benzene rings is 2. The molecule has 0 bridgehead atoms. The number of aromatic amines is 1. The number of hydrogen-bond acceptors (Lipinski definition) is 5. The minimum Gasteiger partial charge on any atom is -0.506 e. The van der Waals surface area contributed by atoms with E-state index in [4.69, 9.17) is 0 Å². The van der Waals surface area contributed by atoms with E-state index >= 15 is 0 Å². The van der Waals surface area contributed by atoms with Crippen LogP contribution in [-0.4, -0.2) is 27.3 Å². The molecule has 0 saturated heterocycles. The summed E-state index contributed by atoms with van der Waals surface area (Å²) in [6, 6.07) is 10.1. The van der Waals surface area contributed by atoms with E-state index in [9.17, 15) is 19.8 Å². The maximum Gasteiger partial charge on any atom is 0.258 e. The van der Waals surface area contributed by atoms with Gasteiger partial charge in [0, 0.05) is 20.6 Å². The maximum atomic E-state index is 12.0. The Balaban J connectivity index is 1.86. The molecule has 1 aromatic heterocycles. The quantitative estimate of drug-likeness (QED) is 0.191. The van der Waals surface area contributed by atoms with Crippen molar-refractivity contribution in [2.24, 2.45) is 4.99 Å². The number of nitrogens with one attached hydrogen (secondary N) is 2. The van der Waals surface area contributed by atoms with E-state index in [0.29, 0.717) is 21.9 Å². The first-order valence-corrected chi connectivity index (χ1v) is 9.26. The van der Waals surface area contributed by atoms with Crippen LogP contribution in [0.1, 0.15) is 11.1 Å². The van der Waals surface area contributed by atoms with Crippen molar-refractivity contribution < 1.29 is 15.0 Å². The van der Waals surface area contributed by atoms with Crippen molar-refractivity contribution in [3.8, 4) is 11.6 Å². The van der Waals surface area contributed by atoms with E-state index in [1.54, 1.807) is 24.3 Å². The van der Waals surface area contributed by atoms with Gasteiger partial charge in [-0.05, 0) is 64.6 Å². The second kappa shape index (κ2) is 8.26. The summed E-state index contributed by atoms with van der Waals surface area (Å²) in [7, 11) is 0. The molecule has 0 aliphatic carbocycles. The van der Waals surface area contributed by atoms with Gasteiger partial charge in [0.15, 0.2) is 0 Å². The second-order valence-corrected chi connectivity index (χ2v) is 7.17. The number of aromatic nitrogens is 1. The number of phenolic OH excluding ortho intramolecular Hbond substituents is 1. The Morgan fingerprint density at radius 1 is 1.21 bits per heavy atom. The third-order valence-electron chi connectivity index (χ3n) is 4.00. The van der Waals surface area contributed by atoms with Gasteiger partial charge in [-0.25, -0.2) is 0 Å². The number of aromatic hydroxyl groups is 2. The summed E-state index contributed by atoms with van der Waals surface area (Å²) in [6.07, 6.45) is 2.59. The molecule has 0 aliphatic rings. The molecule has 8 heteroatoms. The summed E-state index contributed by atoms with van der Waals surface area (Å²) in [4.78, 5) is 30.0. The molecule has 4 N–H and O–H groups in total. The summed E-state index contributed by atoms with van der Waals surface area (Å²) in [5.41, 5.74) is 1.01. The Bertz CT molecular complexity index is 1170. The molecule has 1 heterocycles. The first kappa shape index (κ1) is 19.6. The summed E-state index contributed by atoms with van der Waals surface area (Å²) >= 11 is 2.13. The zero-order valence-electron chi connectivity index (χ0n) is 14.6. The zero-order chi connectivity index (χ0) is 20.3. The van der Waals surface area contributed by atoms with Crippen LogP contribution in [0, 0.1) is 3.57 Å². The molecular weight excluding hydrogens is 473 g/mol. The maximum absolute atomic E-state index is 12.0. The van der Waals surface area contributed by atoms with Crippen LogP contribution >= 0.6 is 22.6 Å². The van der Waals surface area contributed by atoms with Gasteiger partial charge in [-0.15, -0.1) is 0 Å². The predicted octanol–water partition coefficient (Wildman–Crippen LogP) is 3.29. The SMILES string of the molecule is C=CC(=O)Nc1ccc(CN=Cc2c(O)[nH]c(=O)c3ccc(I)cc23)cc1O. The number of halogens is 1. The molecule has 0 fully saturated rings. The fourth-order valence-corrected chi connectivity index (χ4v) is 3.14. The van der Waals surface area contributed by atoms with Gasteiger partial charge in [0.1, 0.15) is 5.75 Å². The van der Waals surface area contributed by atoms with Crippen LogP contribution in [0.3, 0.4) is 0 Å². The van der Waals surface area contributed by atoms with Crippen LogP contribution in [0.25, 0.3) is 10.8 Å². The molecule has 0 atom stereocenters. The Kier molecular flexibility index (Phi) is 5.78. The van der Waals surface area contributed by atoms with Gasteiger partial charge in [0.05, 0.1) is 17.8 Å². The van der Waals surface area contributed by atoms with Crippen LogP contribution in [0.2, 0.25) is 0 Å². The number of H-pyrrole nitrogens is 1. The number of pyridine rings is 1. The number of carbonyl (C=O) groups excluding carboxylic acids is 1. The summed E-state index contributed by atoms with van der Waals surface area (Å²) in [5.74, 6) is -0.764. The van der Waals surface area contributed by atoms with Crippen molar-refractivity contribution in [3.63, 3.8) is 0 Å². The highest BCUT2D eigenvalue weighted by molar-refractivity contribution is 14.1. The van der Waals surface area contributed by atoms with E-state index < -0.39 is 5.91 Å². The van der Waals surface area contributed by atoms with Crippen molar-refractivity contribution in [1.29, 1.82) is 0 Å². The molecule has 7 nitrogen and oxygen atoms in total. The van der Waals surface area contributed by atoms with Crippen molar-refractivity contribution in [1.82, 2.24) is 4.98 Å². The molecule has 0 radical (unpaired) electrons. The Hall–Kier alpha value is -3.14. The zero-order valence-corrected chi connectivity index (χ0v) is 16.7. The lowest BCUT2D eigenvalue weighted by atomic mass is 10.1. The van der Waals surface area contributed by atoms with Crippen LogP contribution in [0.5, 0.6) is 11.6 Å². The van der Waals surface area contributed by atoms with Gasteiger partial charge in [-0.1, -0.05) is 12.6 Å². The monoisotopic (exact) mass is 489 g/mol. The van der Waals surface area contributed by atoms with Crippen LogP contribution in [0.15, 0.2) is 58.8 Å². The molecule has 3 aromatic rings. The summed E-state index contributed by atoms with van der Waals surface area (Å²) < 4.78 is 0.923. The molecule has 1 amide bonds. The predicted molar refractivity (Wildman–Crippen MR) is 117 cm³/mol. The van der Waals surface area contributed by atoms with Gasteiger partial charge in [0.25, 0.3) is 5.56 Å². The molecule has 0 aliphatic heterocycles. The molecule has 0 saturated carbocycles. The fourth-order valence-electron chi connectivity index (χ4n) is 2.65. The van der Waals surface area contributed by atoms with Crippen molar-refractivity contribution in [3.05, 3.63) is 74.1 Å². The Labute approximate surface area is 173 Å². The Morgan fingerprint density at radius 3 is 2.71 bits per heavy atom. The number of anilines is 1. The third-order valence-corrected chi connectivity index (χ3v) is 4.67. The normalized spacial score (nSPS) is 11.0. The molecule has 2 aromatic carbocycles. The lowest BCUT2D eigenvalue weighted by molar-refractivity contribution is -0.111.